The summed E-state index contributed by atoms with van der Waals surface area (Å²) < 4.78 is 32.0. The molecule has 0 N–H and O–H groups in total. The fraction of sp³-hybridized carbons (Fsp3) is 0.300. The van der Waals surface area contributed by atoms with Gasteiger partial charge in [0.2, 0.25) is 21.8 Å². The van der Waals surface area contributed by atoms with Gasteiger partial charge in [0.1, 0.15) is 0 Å². The van der Waals surface area contributed by atoms with Crippen LogP contribution < -0.4 is 0 Å². The standard InChI is InChI=1S/C20H23N3O3S/c1-20(2,3)16-12-10-15(11-13-16)19-22-21-18(26-19)14-23(4)27(24,25)17-8-6-5-7-9-17/h5-13H,14H2,1-4H3. The maximum Gasteiger partial charge on any atom is 0.247 e. The Morgan fingerprint density at radius 1 is 0.963 bits per heavy atom. The van der Waals surface area contributed by atoms with E-state index in [2.05, 4.69) is 31.0 Å². The first kappa shape index (κ1) is 19.3. The molecule has 0 saturated carbocycles. The Morgan fingerprint density at radius 3 is 2.19 bits per heavy atom. The molecule has 0 aliphatic rings. The molecule has 0 aliphatic heterocycles. The summed E-state index contributed by atoms with van der Waals surface area (Å²) in [6.07, 6.45) is 0. The third kappa shape index (κ3) is 4.26. The van der Waals surface area contributed by atoms with Gasteiger partial charge in [-0.05, 0) is 35.2 Å². The van der Waals surface area contributed by atoms with Crippen LogP contribution in [0.5, 0.6) is 0 Å². The molecule has 3 aromatic rings. The van der Waals surface area contributed by atoms with E-state index in [1.165, 1.54) is 16.9 Å². The van der Waals surface area contributed by atoms with E-state index >= 15 is 0 Å². The lowest BCUT2D eigenvalue weighted by atomic mass is 9.87. The summed E-state index contributed by atoms with van der Waals surface area (Å²) in [5.41, 5.74) is 2.07. The lowest BCUT2D eigenvalue weighted by Crippen LogP contribution is -2.26. The number of sulfonamides is 1. The van der Waals surface area contributed by atoms with Gasteiger partial charge in [0.05, 0.1) is 11.4 Å². The van der Waals surface area contributed by atoms with Crippen LogP contribution in [0.1, 0.15) is 32.2 Å². The molecule has 2 aromatic carbocycles. The number of aromatic nitrogens is 2. The smallest absolute Gasteiger partial charge is 0.247 e. The molecule has 0 fully saturated rings. The second-order valence-corrected chi connectivity index (χ2v) is 9.45. The molecule has 0 amide bonds. The Hall–Kier alpha value is -2.51. The lowest BCUT2D eigenvalue weighted by molar-refractivity contribution is 0.400. The third-order valence-corrected chi connectivity index (χ3v) is 6.09. The first-order valence-electron chi connectivity index (χ1n) is 8.62. The van der Waals surface area contributed by atoms with Crippen LogP contribution in [0.3, 0.4) is 0 Å². The van der Waals surface area contributed by atoms with Crippen molar-refractivity contribution in [2.75, 3.05) is 7.05 Å². The second kappa shape index (κ2) is 7.25. The molecule has 1 aromatic heterocycles. The molecule has 3 rings (SSSR count). The van der Waals surface area contributed by atoms with Crippen molar-refractivity contribution < 1.29 is 12.8 Å². The molecule has 0 unspecified atom stereocenters. The van der Waals surface area contributed by atoms with E-state index in [1.54, 1.807) is 30.3 Å². The first-order valence-corrected chi connectivity index (χ1v) is 10.1. The van der Waals surface area contributed by atoms with Crippen LogP contribution in [-0.2, 0) is 22.0 Å². The Morgan fingerprint density at radius 2 is 1.59 bits per heavy atom. The van der Waals surface area contributed by atoms with Crippen LogP contribution in [0.2, 0.25) is 0 Å². The van der Waals surface area contributed by atoms with Crippen LogP contribution in [0.25, 0.3) is 11.5 Å². The predicted octanol–water partition coefficient (Wildman–Crippen LogP) is 3.85. The maximum atomic E-state index is 12.6. The minimum absolute atomic E-state index is 0.00427. The van der Waals surface area contributed by atoms with Crippen molar-refractivity contribution in [1.29, 1.82) is 0 Å². The predicted molar refractivity (Wildman–Crippen MR) is 104 cm³/mol. The van der Waals surface area contributed by atoms with Crippen LogP contribution in [0.15, 0.2) is 63.9 Å². The zero-order chi connectivity index (χ0) is 19.7. The zero-order valence-corrected chi connectivity index (χ0v) is 16.7. The van der Waals surface area contributed by atoms with E-state index in [9.17, 15) is 8.42 Å². The van der Waals surface area contributed by atoms with Crippen LogP contribution in [-0.4, -0.2) is 30.0 Å². The van der Waals surface area contributed by atoms with Gasteiger partial charge in [0, 0.05) is 12.6 Å². The van der Waals surface area contributed by atoms with Crippen molar-refractivity contribution in [3.8, 4) is 11.5 Å². The van der Waals surface area contributed by atoms with Crippen molar-refractivity contribution in [2.45, 2.75) is 37.6 Å². The van der Waals surface area contributed by atoms with Crippen molar-refractivity contribution in [3.63, 3.8) is 0 Å². The molecule has 1 heterocycles. The molecule has 0 radical (unpaired) electrons. The van der Waals surface area contributed by atoms with Gasteiger partial charge in [0.25, 0.3) is 0 Å². The van der Waals surface area contributed by atoms with Gasteiger partial charge >= 0.3 is 0 Å². The van der Waals surface area contributed by atoms with Gasteiger partial charge in [-0.3, -0.25) is 0 Å². The number of rotatable bonds is 5. The molecule has 0 bridgehead atoms. The minimum atomic E-state index is -3.61. The molecule has 7 heteroatoms. The highest BCUT2D eigenvalue weighted by Gasteiger charge is 2.23. The quantitative estimate of drug-likeness (QED) is 0.667. The highest BCUT2D eigenvalue weighted by molar-refractivity contribution is 7.89. The second-order valence-electron chi connectivity index (χ2n) is 7.40. The Bertz CT molecular complexity index is 1000. The molecule has 27 heavy (non-hydrogen) atoms. The summed E-state index contributed by atoms with van der Waals surface area (Å²) in [5.74, 6) is 0.614. The highest BCUT2D eigenvalue weighted by atomic mass is 32.2. The highest BCUT2D eigenvalue weighted by Crippen LogP contribution is 2.26. The lowest BCUT2D eigenvalue weighted by Gasteiger charge is -2.18. The molecule has 0 spiro atoms. The van der Waals surface area contributed by atoms with E-state index < -0.39 is 10.0 Å². The first-order chi connectivity index (χ1) is 12.7. The third-order valence-electron chi connectivity index (χ3n) is 4.27. The number of benzene rings is 2. The van der Waals surface area contributed by atoms with Gasteiger partial charge in [-0.25, -0.2) is 8.42 Å². The number of hydrogen-bond donors (Lipinski definition) is 0. The average Bonchev–Trinajstić information content (AvgIpc) is 3.10. The summed E-state index contributed by atoms with van der Waals surface area (Å²) in [6, 6.07) is 16.2. The van der Waals surface area contributed by atoms with Crippen molar-refractivity contribution >= 4 is 10.0 Å². The summed E-state index contributed by atoms with van der Waals surface area (Å²) in [4.78, 5) is 0.227. The SMILES string of the molecule is CN(Cc1nnc(-c2ccc(C(C)(C)C)cc2)o1)S(=O)(=O)c1ccccc1. The fourth-order valence-corrected chi connectivity index (χ4v) is 3.74. The van der Waals surface area contributed by atoms with Gasteiger partial charge in [-0.2, -0.15) is 4.31 Å². The molecular weight excluding hydrogens is 362 g/mol. The molecule has 0 aliphatic carbocycles. The van der Waals surface area contributed by atoms with Crippen molar-refractivity contribution in [3.05, 3.63) is 66.1 Å². The Kier molecular flexibility index (Phi) is 5.17. The van der Waals surface area contributed by atoms with E-state index in [0.717, 1.165) is 5.56 Å². The summed E-state index contributed by atoms with van der Waals surface area (Å²) >= 11 is 0. The van der Waals surface area contributed by atoms with Gasteiger partial charge in [0.15, 0.2) is 0 Å². The van der Waals surface area contributed by atoms with E-state index in [0.29, 0.717) is 5.89 Å². The van der Waals surface area contributed by atoms with Crippen LogP contribution in [0.4, 0.5) is 0 Å². The molecule has 0 atom stereocenters. The Balaban J connectivity index is 1.76. The molecule has 142 valence electrons. The minimum Gasteiger partial charge on any atom is -0.419 e. The molecule has 6 nitrogen and oxygen atoms in total. The van der Waals surface area contributed by atoms with Gasteiger partial charge in [-0.1, -0.05) is 51.1 Å². The largest absolute Gasteiger partial charge is 0.419 e. The summed E-state index contributed by atoms with van der Waals surface area (Å²) in [7, 11) is -2.12. The summed E-state index contributed by atoms with van der Waals surface area (Å²) in [6.45, 7) is 6.45. The monoisotopic (exact) mass is 385 g/mol. The number of nitrogens with zero attached hydrogens (tertiary/aromatic N) is 3. The van der Waals surface area contributed by atoms with Gasteiger partial charge < -0.3 is 4.42 Å². The summed E-state index contributed by atoms with van der Waals surface area (Å²) in [5, 5.41) is 8.04. The van der Waals surface area contributed by atoms with Crippen LogP contribution in [0, 0.1) is 0 Å². The molecular formula is C20H23N3O3S. The van der Waals surface area contributed by atoms with Crippen LogP contribution >= 0.6 is 0 Å². The zero-order valence-electron chi connectivity index (χ0n) is 15.9. The molecule has 0 saturated heterocycles. The van der Waals surface area contributed by atoms with E-state index in [1.807, 2.05) is 24.3 Å². The van der Waals surface area contributed by atoms with E-state index in [-0.39, 0.29) is 22.7 Å². The topological polar surface area (TPSA) is 76.3 Å². The van der Waals surface area contributed by atoms with Crippen molar-refractivity contribution in [2.24, 2.45) is 0 Å². The fourth-order valence-electron chi connectivity index (χ4n) is 2.59. The number of hydrogen-bond acceptors (Lipinski definition) is 5. The van der Waals surface area contributed by atoms with Crippen molar-refractivity contribution in [1.82, 2.24) is 14.5 Å². The average molecular weight is 385 g/mol. The maximum absolute atomic E-state index is 12.6. The normalized spacial score (nSPS) is 12.5. The van der Waals surface area contributed by atoms with E-state index in [4.69, 9.17) is 4.42 Å². The van der Waals surface area contributed by atoms with Gasteiger partial charge in [-0.15, -0.1) is 10.2 Å². The Labute approximate surface area is 159 Å².